The molecule has 1 rings (SSSR count). The Morgan fingerprint density at radius 1 is 0.879 bits per heavy atom. The highest BCUT2D eigenvalue weighted by atomic mass is 16.4. The number of hydrogen-bond acceptors (Lipinski definition) is 7. The van der Waals surface area contributed by atoms with Crippen LogP contribution in [0.2, 0.25) is 0 Å². The van der Waals surface area contributed by atoms with Crippen molar-refractivity contribution < 1.29 is 49.5 Å². The number of benzene rings is 1. The molecule has 0 radical (unpaired) electrons. The second kappa shape index (κ2) is 17.6. The number of aromatic carboxylic acids is 3. The fraction of sp³-hybridized carbons (Fsp3) is 0.286. The molecule has 1 aromatic rings. The second-order valence-electron chi connectivity index (χ2n) is 6.13. The molecule has 0 amide bonds. The minimum Gasteiger partial charge on any atom is -0.480 e. The van der Waals surface area contributed by atoms with Crippen LogP contribution in [0.3, 0.4) is 0 Å². The molecule has 182 valence electrons. The van der Waals surface area contributed by atoms with Gasteiger partial charge < -0.3 is 37.0 Å². The maximum Gasteiger partial charge on any atom is 0.336 e. The standard InChI is InChI=1S/C9H6O6.C6H14N2O2.C6H8O2/c10-7(11)4-1-2-5(8(12)13)6(3-4)9(14)15;7-4-2-1-3-5(8)6(9)10;1-2-3-4-5-6(7)8/h1-3H,(H,10,11)(H,12,13)(H,14,15);5H,1-4,7-8H2,(H,9,10);2-5H,1H3,(H,7,8)/b;;3-2+,5-4+. The predicted octanol–water partition coefficient (Wildman–Crippen LogP) is 1.51. The van der Waals surface area contributed by atoms with E-state index in [4.69, 9.17) is 37.0 Å². The first-order chi connectivity index (χ1) is 15.4. The quantitative estimate of drug-likeness (QED) is 0.147. The third kappa shape index (κ3) is 15.4. The third-order valence-corrected chi connectivity index (χ3v) is 3.56. The van der Waals surface area contributed by atoms with Crippen molar-refractivity contribution >= 4 is 29.8 Å². The summed E-state index contributed by atoms with van der Waals surface area (Å²) in [4.78, 5) is 51.6. The molecule has 0 aliphatic carbocycles. The van der Waals surface area contributed by atoms with Crippen molar-refractivity contribution in [2.75, 3.05) is 6.54 Å². The minimum atomic E-state index is -1.48. The van der Waals surface area contributed by atoms with Crippen LogP contribution < -0.4 is 11.5 Å². The summed E-state index contributed by atoms with van der Waals surface area (Å²) in [5, 5.41) is 42.2. The Balaban J connectivity index is 0. The van der Waals surface area contributed by atoms with Crippen LogP contribution >= 0.6 is 0 Å². The summed E-state index contributed by atoms with van der Waals surface area (Å²) in [6, 6.07) is 2.09. The van der Waals surface area contributed by atoms with Gasteiger partial charge in [0.15, 0.2) is 0 Å². The summed E-state index contributed by atoms with van der Waals surface area (Å²) in [6.45, 7) is 2.43. The van der Waals surface area contributed by atoms with E-state index in [2.05, 4.69) is 0 Å². The van der Waals surface area contributed by atoms with Crippen molar-refractivity contribution in [1.82, 2.24) is 0 Å². The lowest BCUT2D eigenvalue weighted by molar-refractivity contribution is -0.138. The lowest BCUT2D eigenvalue weighted by Crippen LogP contribution is -2.29. The zero-order valence-electron chi connectivity index (χ0n) is 17.9. The number of unbranched alkanes of at least 4 members (excludes halogenated alkanes) is 1. The fourth-order valence-electron chi connectivity index (χ4n) is 1.92. The lowest BCUT2D eigenvalue weighted by atomic mass is 10.0. The molecule has 0 spiro atoms. The first-order valence-corrected chi connectivity index (χ1v) is 9.43. The van der Waals surface area contributed by atoms with Crippen LogP contribution in [0.25, 0.3) is 0 Å². The smallest absolute Gasteiger partial charge is 0.336 e. The van der Waals surface area contributed by atoms with Crippen molar-refractivity contribution in [1.29, 1.82) is 0 Å². The number of aliphatic carboxylic acids is 2. The summed E-state index contributed by atoms with van der Waals surface area (Å²) < 4.78 is 0. The molecule has 0 aliphatic rings. The molecule has 1 unspecified atom stereocenters. The van der Waals surface area contributed by atoms with Gasteiger partial charge in [-0.15, -0.1) is 0 Å². The number of hydrogen-bond donors (Lipinski definition) is 7. The number of carboxylic acid groups (broad SMARTS) is 5. The maximum atomic E-state index is 10.6. The van der Waals surface area contributed by atoms with E-state index in [1.807, 2.05) is 6.92 Å². The largest absolute Gasteiger partial charge is 0.480 e. The molecule has 0 aromatic heterocycles. The van der Waals surface area contributed by atoms with Crippen molar-refractivity contribution in [3.63, 3.8) is 0 Å². The Bertz CT molecular complexity index is 878. The molecule has 9 N–H and O–H groups in total. The average Bonchev–Trinajstić information content (AvgIpc) is 2.74. The summed E-state index contributed by atoms with van der Waals surface area (Å²) in [6.07, 6.45) is 8.15. The zero-order chi connectivity index (χ0) is 26.0. The Hall–Kier alpha value is -4.03. The first kappa shape index (κ1) is 31.2. The molecule has 12 nitrogen and oxygen atoms in total. The molecule has 0 fully saturated rings. The van der Waals surface area contributed by atoms with Crippen LogP contribution in [-0.2, 0) is 9.59 Å². The van der Waals surface area contributed by atoms with Crippen LogP contribution in [0.5, 0.6) is 0 Å². The van der Waals surface area contributed by atoms with Gasteiger partial charge >= 0.3 is 29.8 Å². The summed E-state index contributed by atoms with van der Waals surface area (Å²) in [5.74, 6) is -6.05. The van der Waals surface area contributed by atoms with Gasteiger partial charge in [0.1, 0.15) is 6.04 Å². The van der Waals surface area contributed by atoms with Gasteiger partial charge in [-0.1, -0.05) is 24.6 Å². The third-order valence-electron chi connectivity index (χ3n) is 3.56. The SMILES string of the molecule is C/C=C/C=C/C(=O)O.NCCCCC(N)C(=O)O.O=C(O)c1ccc(C(=O)O)c(C(=O)O)c1. The molecule has 0 heterocycles. The van der Waals surface area contributed by atoms with Crippen LogP contribution in [-0.4, -0.2) is 68.0 Å². The Morgan fingerprint density at radius 3 is 1.85 bits per heavy atom. The topological polar surface area (TPSA) is 239 Å². The fourth-order valence-corrected chi connectivity index (χ4v) is 1.92. The van der Waals surface area contributed by atoms with E-state index in [9.17, 15) is 24.0 Å². The van der Waals surface area contributed by atoms with Crippen molar-refractivity contribution in [3.05, 3.63) is 59.2 Å². The van der Waals surface area contributed by atoms with E-state index in [0.29, 0.717) is 13.0 Å². The minimum absolute atomic E-state index is 0.266. The van der Waals surface area contributed by atoms with Gasteiger partial charge in [-0.2, -0.15) is 0 Å². The van der Waals surface area contributed by atoms with Gasteiger partial charge in [-0.05, 0) is 44.5 Å². The lowest BCUT2D eigenvalue weighted by Gasteiger charge is -2.03. The highest BCUT2D eigenvalue weighted by Gasteiger charge is 2.18. The van der Waals surface area contributed by atoms with Crippen LogP contribution in [0.1, 0.15) is 57.3 Å². The summed E-state index contributed by atoms with van der Waals surface area (Å²) in [5.41, 5.74) is 9.18. The molecular formula is C21H28N2O10. The normalized spacial score (nSPS) is 11.0. The molecule has 33 heavy (non-hydrogen) atoms. The van der Waals surface area contributed by atoms with Gasteiger partial charge in [0.2, 0.25) is 0 Å². The molecule has 0 bridgehead atoms. The molecule has 1 atom stereocenters. The van der Waals surface area contributed by atoms with Crippen LogP contribution in [0, 0.1) is 0 Å². The Labute approximate surface area is 189 Å². The average molecular weight is 468 g/mol. The van der Waals surface area contributed by atoms with Crippen molar-refractivity contribution in [3.8, 4) is 0 Å². The maximum absolute atomic E-state index is 10.6. The monoisotopic (exact) mass is 468 g/mol. The first-order valence-electron chi connectivity index (χ1n) is 9.43. The molecule has 0 aliphatic heterocycles. The van der Waals surface area contributed by atoms with Crippen LogP contribution in [0.4, 0.5) is 0 Å². The zero-order valence-corrected chi connectivity index (χ0v) is 17.9. The van der Waals surface area contributed by atoms with E-state index >= 15 is 0 Å². The summed E-state index contributed by atoms with van der Waals surface area (Å²) >= 11 is 0. The second-order valence-corrected chi connectivity index (χ2v) is 6.13. The van der Waals surface area contributed by atoms with E-state index in [0.717, 1.165) is 37.1 Å². The molecule has 1 aromatic carbocycles. The molecule has 0 saturated heterocycles. The number of allylic oxidation sites excluding steroid dienone is 3. The number of nitrogens with two attached hydrogens (primary N) is 2. The number of rotatable bonds is 10. The number of carbonyl (C=O) groups is 5. The van der Waals surface area contributed by atoms with Gasteiger partial charge in [0.25, 0.3) is 0 Å². The summed E-state index contributed by atoms with van der Waals surface area (Å²) in [7, 11) is 0. The van der Waals surface area contributed by atoms with Gasteiger partial charge in [0, 0.05) is 6.08 Å². The van der Waals surface area contributed by atoms with Crippen LogP contribution in [0.15, 0.2) is 42.5 Å². The van der Waals surface area contributed by atoms with E-state index in [1.54, 1.807) is 12.2 Å². The van der Waals surface area contributed by atoms with Gasteiger partial charge in [-0.3, -0.25) is 4.79 Å². The van der Waals surface area contributed by atoms with E-state index < -0.39 is 47.0 Å². The molecular weight excluding hydrogens is 440 g/mol. The Morgan fingerprint density at radius 2 is 1.45 bits per heavy atom. The van der Waals surface area contributed by atoms with E-state index in [-0.39, 0.29) is 5.56 Å². The van der Waals surface area contributed by atoms with E-state index in [1.165, 1.54) is 6.08 Å². The molecule has 12 heteroatoms. The highest BCUT2D eigenvalue weighted by Crippen LogP contribution is 2.12. The molecule has 0 saturated carbocycles. The Kier molecular flexibility index (Phi) is 16.6. The van der Waals surface area contributed by atoms with Crippen molar-refractivity contribution in [2.24, 2.45) is 11.5 Å². The van der Waals surface area contributed by atoms with Crippen molar-refractivity contribution in [2.45, 2.75) is 32.2 Å². The van der Waals surface area contributed by atoms with Gasteiger partial charge in [0.05, 0.1) is 16.7 Å². The van der Waals surface area contributed by atoms with Gasteiger partial charge in [-0.25, -0.2) is 19.2 Å². The number of carboxylic acids is 5. The highest BCUT2D eigenvalue weighted by molar-refractivity contribution is 6.03. The predicted molar refractivity (Wildman–Crippen MR) is 117 cm³/mol.